The summed E-state index contributed by atoms with van der Waals surface area (Å²) in [6.07, 6.45) is 2.28. The number of rotatable bonds is 7. The predicted octanol–water partition coefficient (Wildman–Crippen LogP) is 1.47. The van der Waals surface area contributed by atoms with Crippen molar-refractivity contribution in [3.63, 3.8) is 0 Å². The van der Waals surface area contributed by atoms with Gasteiger partial charge < -0.3 is 16.2 Å². The largest absolute Gasteiger partial charge is 0.390 e. The second-order valence-electron chi connectivity index (χ2n) is 4.86. The molecule has 0 unspecified atom stereocenters. The number of aliphatic hydroxyl groups is 1. The standard InChI is InChI=1S/C15H24N2O/c1-12(2)8-9-17-11-15(18)14(16)10-13-6-4-3-5-7-13/h3-8,14-15,17-18H,9-11,16H2,1-2H3/t14-,15+/m0/s1. The molecule has 0 aliphatic heterocycles. The average Bonchev–Trinajstić information content (AvgIpc) is 2.35. The van der Waals surface area contributed by atoms with Gasteiger partial charge in [0.2, 0.25) is 0 Å². The van der Waals surface area contributed by atoms with Crippen LogP contribution in [0.15, 0.2) is 42.0 Å². The Kier molecular flexibility index (Phi) is 6.65. The zero-order chi connectivity index (χ0) is 13.4. The van der Waals surface area contributed by atoms with Crippen LogP contribution in [0.1, 0.15) is 19.4 Å². The van der Waals surface area contributed by atoms with Crippen molar-refractivity contribution in [1.29, 1.82) is 0 Å². The van der Waals surface area contributed by atoms with Crippen molar-refractivity contribution in [2.24, 2.45) is 5.73 Å². The van der Waals surface area contributed by atoms with Crippen molar-refractivity contribution in [2.45, 2.75) is 32.4 Å². The van der Waals surface area contributed by atoms with Gasteiger partial charge in [-0.3, -0.25) is 0 Å². The SMILES string of the molecule is CC(C)=CCNC[C@@H](O)[C@@H](N)Cc1ccccc1. The van der Waals surface area contributed by atoms with Gasteiger partial charge in [-0.15, -0.1) is 0 Å². The van der Waals surface area contributed by atoms with Gasteiger partial charge in [-0.1, -0.05) is 42.0 Å². The number of hydrogen-bond acceptors (Lipinski definition) is 3. The second-order valence-corrected chi connectivity index (χ2v) is 4.86. The molecule has 3 nitrogen and oxygen atoms in total. The monoisotopic (exact) mass is 248 g/mol. The van der Waals surface area contributed by atoms with E-state index in [1.165, 1.54) is 5.57 Å². The van der Waals surface area contributed by atoms with Crippen LogP contribution in [-0.4, -0.2) is 30.3 Å². The Hall–Kier alpha value is -1.16. The summed E-state index contributed by atoms with van der Waals surface area (Å²) in [6.45, 7) is 5.41. The summed E-state index contributed by atoms with van der Waals surface area (Å²) in [4.78, 5) is 0. The number of aliphatic hydroxyl groups excluding tert-OH is 1. The summed E-state index contributed by atoms with van der Waals surface area (Å²) in [5.41, 5.74) is 8.42. The van der Waals surface area contributed by atoms with Crippen LogP contribution in [0.4, 0.5) is 0 Å². The predicted molar refractivity (Wildman–Crippen MR) is 76.4 cm³/mol. The van der Waals surface area contributed by atoms with Crippen molar-refractivity contribution in [3.05, 3.63) is 47.5 Å². The highest BCUT2D eigenvalue weighted by Gasteiger charge is 2.14. The number of hydrogen-bond donors (Lipinski definition) is 3. The summed E-state index contributed by atoms with van der Waals surface area (Å²) < 4.78 is 0. The molecule has 0 bridgehead atoms. The fourth-order valence-electron chi connectivity index (χ4n) is 1.68. The summed E-state index contributed by atoms with van der Waals surface area (Å²) in [5, 5.41) is 13.1. The highest BCUT2D eigenvalue weighted by molar-refractivity contribution is 5.16. The number of benzene rings is 1. The first-order valence-electron chi connectivity index (χ1n) is 6.41. The summed E-state index contributed by atoms with van der Waals surface area (Å²) >= 11 is 0. The molecule has 1 aromatic carbocycles. The fraction of sp³-hybridized carbons (Fsp3) is 0.467. The fourth-order valence-corrected chi connectivity index (χ4v) is 1.68. The molecule has 0 saturated carbocycles. The van der Waals surface area contributed by atoms with Crippen molar-refractivity contribution in [3.8, 4) is 0 Å². The van der Waals surface area contributed by atoms with E-state index >= 15 is 0 Å². The van der Waals surface area contributed by atoms with E-state index in [-0.39, 0.29) is 6.04 Å². The van der Waals surface area contributed by atoms with Gasteiger partial charge >= 0.3 is 0 Å². The third-order valence-corrected chi connectivity index (χ3v) is 2.82. The number of nitrogens with one attached hydrogen (secondary N) is 1. The smallest absolute Gasteiger partial charge is 0.0818 e. The molecule has 1 aromatic rings. The summed E-state index contributed by atoms with van der Waals surface area (Å²) in [7, 11) is 0. The second kappa shape index (κ2) is 8.03. The van der Waals surface area contributed by atoms with Gasteiger partial charge in [0.25, 0.3) is 0 Å². The van der Waals surface area contributed by atoms with Crippen LogP contribution in [0, 0.1) is 0 Å². The maximum Gasteiger partial charge on any atom is 0.0818 e. The number of nitrogens with two attached hydrogens (primary N) is 1. The van der Waals surface area contributed by atoms with Gasteiger partial charge in [0.1, 0.15) is 0 Å². The molecule has 0 radical (unpaired) electrons. The Balaban J connectivity index is 2.29. The van der Waals surface area contributed by atoms with Gasteiger partial charge in [-0.2, -0.15) is 0 Å². The van der Waals surface area contributed by atoms with E-state index in [4.69, 9.17) is 5.73 Å². The average molecular weight is 248 g/mol. The van der Waals surface area contributed by atoms with E-state index in [1.54, 1.807) is 0 Å². The molecular weight excluding hydrogens is 224 g/mol. The number of allylic oxidation sites excluding steroid dienone is 1. The topological polar surface area (TPSA) is 58.3 Å². The van der Waals surface area contributed by atoms with Gasteiger partial charge in [0.15, 0.2) is 0 Å². The molecule has 0 aromatic heterocycles. The molecule has 0 heterocycles. The lowest BCUT2D eigenvalue weighted by Gasteiger charge is -2.19. The summed E-state index contributed by atoms with van der Waals surface area (Å²) in [5.74, 6) is 0. The van der Waals surface area contributed by atoms with Gasteiger partial charge in [-0.05, 0) is 25.8 Å². The Bertz CT molecular complexity index is 358. The molecule has 0 aliphatic rings. The van der Waals surface area contributed by atoms with E-state index in [2.05, 4.69) is 25.2 Å². The van der Waals surface area contributed by atoms with Crippen LogP contribution >= 0.6 is 0 Å². The molecule has 0 aliphatic carbocycles. The Labute approximate surface area is 110 Å². The maximum absolute atomic E-state index is 9.94. The molecule has 0 amide bonds. The van der Waals surface area contributed by atoms with E-state index in [9.17, 15) is 5.11 Å². The van der Waals surface area contributed by atoms with Crippen LogP contribution in [0.3, 0.4) is 0 Å². The van der Waals surface area contributed by atoms with Crippen LogP contribution in [-0.2, 0) is 6.42 Å². The minimum Gasteiger partial charge on any atom is -0.390 e. The lowest BCUT2D eigenvalue weighted by molar-refractivity contribution is 0.143. The van der Waals surface area contributed by atoms with Crippen molar-refractivity contribution < 1.29 is 5.11 Å². The minimum atomic E-state index is -0.518. The molecular formula is C15H24N2O. The Morgan fingerprint density at radius 3 is 2.61 bits per heavy atom. The lowest BCUT2D eigenvalue weighted by atomic mass is 10.0. The molecule has 100 valence electrons. The third kappa shape index (κ3) is 5.96. The molecule has 2 atom stereocenters. The Morgan fingerprint density at radius 1 is 1.33 bits per heavy atom. The normalized spacial score (nSPS) is 14.0. The van der Waals surface area contributed by atoms with Crippen molar-refractivity contribution in [1.82, 2.24) is 5.32 Å². The molecule has 0 spiro atoms. The zero-order valence-electron chi connectivity index (χ0n) is 11.3. The lowest BCUT2D eigenvalue weighted by Crippen LogP contribution is -2.43. The first kappa shape index (κ1) is 14.9. The highest BCUT2D eigenvalue weighted by Crippen LogP contribution is 2.04. The van der Waals surface area contributed by atoms with Gasteiger partial charge in [0.05, 0.1) is 6.10 Å². The quantitative estimate of drug-likeness (QED) is 0.506. The van der Waals surface area contributed by atoms with Crippen molar-refractivity contribution in [2.75, 3.05) is 13.1 Å². The van der Waals surface area contributed by atoms with Crippen LogP contribution in [0.5, 0.6) is 0 Å². The van der Waals surface area contributed by atoms with Crippen LogP contribution in [0.2, 0.25) is 0 Å². The first-order chi connectivity index (χ1) is 8.59. The Morgan fingerprint density at radius 2 is 2.00 bits per heavy atom. The first-order valence-corrected chi connectivity index (χ1v) is 6.41. The highest BCUT2D eigenvalue weighted by atomic mass is 16.3. The minimum absolute atomic E-state index is 0.230. The molecule has 0 fully saturated rings. The summed E-state index contributed by atoms with van der Waals surface area (Å²) in [6, 6.07) is 9.79. The molecule has 18 heavy (non-hydrogen) atoms. The maximum atomic E-state index is 9.94. The van der Waals surface area contributed by atoms with Gasteiger partial charge in [-0.25, -0.2) is 0 Å². The van der Waals surface area contributed by atoms with Crippen LogP contribution in [0.25, 0.3) is 0 Å². The van der Waals surface area contributed by atoms with E-state index in [0.717, 1.165) is 12.1 Å². The molecule has 3 heteroatoms. The molecule has 4 N–H and O–H groups in total. The van der Waals surface area contributed by atoms with E-state index < -0.39 is 6.10 Å². The van der Waals surface area contributed by atoms with E-state index in [1.807, 2.05) is 30.3 Å². The van der Waals surface area contributed by atoms with Crippen molar-refractivity contribution >= 4 is 0 Å². The molecule has 0 saturated heterocycles. The van der Waals surface area contributed by atoms with Gasteiger partial charge in [0, 0.05) is 19.1 Å². The van der Waals surface area contributed by atoms with Crippen LogP contribution < -0.4 is 11.1 Å². The van der Waals surface area contributed by atoms with E-state index in [0.29, 0.717) is 13.0 Å². The molecule has 1 rings (SSSR count). The zero-order valence-corrected chi connectivity index (χ0v) is 11.3. The third-order valence-electron chi connectivity index (χ3n) is 2.82.